The number of alkyl halides is 1. The Kier molecular flexibility index (Phi) is 2.68. The van der Waals surface area contributed by atoms with E-state index in [1.54, 1.807) is 11.9 Å². The first-order chi connectivity index (χ1) is 7.18. The van der Waals surface area contributed by atoms with Crippen LogP contribution in [0.25, 0.3) is 0 Å². The van der Waals surface area contributed by atoms with Gasteiger partial charge in [-0.3, -0.25) is 0 Å². The van der Waals surface area contributed by atoms with Gasteiger partial charge in [-0.1, -0.05) is 0 Å². The Bertz CT molecular complexity index is 331. The highest BCUT2D eigenvalue weighted by Gasteiger charge is 2.32. The molecule has 0 radical (unpaired) electrons. The molecule has 2 heterocycles. The van der Waals surface area contributed by atoms with Gasteiger partial charge in [-0.25, -0.2) is 14.4 Å². The smallest absolute Gasteiger partial charge is 0.225 e. The standard InChI is InChI=1S/C9H13FN4O/c1-14(8-5-15-4-7(8)10)9-12-2-6(11)3-13-9/h2-3,7-8H,4-5,11H2,1H3/t7-,8-/m1/s1. The first kappa shape index (κ1) is 10.1. The molecule has 0 unspecified atom stereocenters. The molecule has 15 heavy (non-hydrogen) atoms. The average Bonchev–Trinajstić information content (AvgIpc) is 2.65. The highest BCUT2D eigenvalue weighted by molar-refractivity contribution is 5.38. The predicted molar refractivity (Wildman–Crippen MR) is 54.4 cm³/mol. The minimum absolute atomic E-state index is 0.143. The Morgan fingerprint density at radius 1 is 1.47 bits per heavy atom. The van der Waals surface area contributed by atoms with Crippen LogP contribution in [0.2, 0.25) is 0 Å². The maximum atomic E-state index is 13.4. The zero-order chi connectivity index (χ0) is 10.8. The summed E-state index contributed by atoms with van der Waals surface area (Å²) in [6.07, 6.45) is 2.01. The molecule has 0 saturated carbocycles. The summed E-state index contributed by atoms with van der Waals surface area (Å²) in [4.78, 5) is 9.73. The van der Waals surface area contributed by atoms with Crippen molar-refractivity contribution in [2.75, 3.05) is 30.9 Å². The van der Waals surface area contributed by atoms with Gasteiger partial charge in [-0.2, -0.15) is 0 Å². The molecular weight excluding hydrogens is 199 g/mol. The van der Waals surface area contributed by atoms with Crippen molar-refractivity contribution in [3.05, 3.63) is 12.4 Å². The van der Waals surface area contributed by atoms with E-state index in [9.17, 15) is 4.39 Å². The van der Waals surface area contributed by atoms with Crippen molar-refractivity contribution in [3.63, 3.8) is 0 Å². The first-order valence-electron chi connectivity index (χ1n) is 4.70. The van der Waals surface area contributed by atoms with Crippen LogP contribution in [0.5, 0.6) is 0 Å². The number of nitrogens with two attached hydrogens (primary N) is 1. The molecule has 2 atom stereocenters. The molecule has 1 aliphatic heterocycles. The number of nitrogens with zero attached hydrogens (tertiary/aromatic N) is 3. The Morgan fingerprint density at radius 3 is 2.67 bits per heavy atom. The van der Waals surface area contributed by atoms with Crippen molar-refractivity contribution < 1.29 is 9.13 Å². The van der Waals surface area contributed by atoms with Crippen molar-refractivity contribution in [2.45, 2.75) is 12.2 Å². The summed E-state index contributed by atoms with van der Waals surface area (Å²) >= 11 is 0. The number of halogens is 1. The maximum absolute atomic E-state index is 13.4. The molecule has 1 fully saturated rings. The van der Waals surface area contributed by atoms with Gasteiger partial charge in [0.1, 0.15) is 6.17 Å². The molecule has 2 rings (SSSR count). The number of rotatable bonds is 2. The minimum atomic E-state index is -0.990. The molecule has 1 aromatic heterocycles. The van der Waals surface area contributed by atoms with Crippen molar-refractivity contribution >= 4 is 11.6 Å². The van der Waals surface area contributed by atoms with Gasteiger partial charge in [0, 0.05) is 7.05 Å². The largest absolute Gasteiger partial charge is 0.396 e. The summed E-state index contributed by atoms with van der Waals surface area (Å²) in [5, 5.41) is 0. The second kappa shape index (κ2) is 3.98. The summed E-state index contributed by atoms with van der Waals surface area (Å²) in [5.74, 6) is 0.461. The van der Waals surface area contributed by atoms with Crippen LogP contribution < -0.4 is 10.6 Å². The first-order valence-corrected chi connectivity index (χ1v) is 4.70. The Labute approximate surface area is 87.1 Å². The summed E-state index contributed by atoms with van der Waals surface area (Å²) in [6.45, 7) is 0.509. The van der Waals surface area contributed by atoms with Crippen LogP contribution in [-0.4, -0.2) is 42.4 Å². The zero-order valence-electron chi connectivity index (χ0n) is 8.43. The third-order valence-corrected chi connectivity index (χ3v) is 2.45. The van der Waals surface area contributed by atoms with Crippen LogP contribution in [0.1, 0.15) is 0 Å². The number of aromatic nitrogens is 2. The predicted octanol–water partition coefficient (Wildman–Crippen LogP) is 0.232. The van der Waals surface area contributed by atoms with E-state index < -0.39 is 6.17 Å². The molecule has 82 valence electrons. The zero-order valence-corrected chi connectivity index (χ0v) is 8.43. The summed E-state index contributed by atoms with van der Waals surface area (Å²) in [7, 11) is 1.75. The lowest BCUT2D eigenvalue weighted by Gasteiger charge is -2.24. The van der Waals surface area contributed by atoms with Crippen LogP contribution in [0, 0.1) is 0 Å². The van der Waals surface area contributed by atoms with Crippen LogP contribution >= 0.6 is 0 Å². The second-order valence-electron chi connectivity index (χ2n) is 3.55. The molecule has 1 saturated heterocycles. The molecule has 0 spiro atoms. The molecule has 0 aromatic carbocycles. The van der Waals surface area contributed by atoms with Gasteiger partial charge >= 0.3 is 0 Å². The van der Waals surface area contributed by atoms with Crippen LogP contribution in [0.4, 0.5) is 16.0 Å². The molecule has 1 aromatic rings. The van der Waals surface area contributed by atoms with Gasteiger partial charge in [0.05, 0.1) is 37.3 Å². The number of hydrogen-bond donors (Lipinski definition) is 1. The van der Waals surface area contributed by atoms with E-state index in [-0.39, 0.29) is 12.6 Å². The van der Waals surface area contributed by atoms with Gasteiger partial charge in [0.15, 0.2) is 0 Å². The Hall–Kier alpha value is -1.43. The fraction of sp³-hybridized carbons (Fsp3) is 0.556. The van der Waals surface area contributed by atoms with Gasteiger partial charge < -0.3 is 15.4 Å². The fourth-order valence-electron chi connectivity index (χ4n) is 1.53. The number of ether oxygens (including phenoxy) is 1. The van der Waals surface area contributed by atoms with E-state index in [0.717, 1.165) is 0 Å². The highest BCUT2D eigenvalue weighted by Crippen LogP contribution is 2.18. The normalized spacial score (nSPS) is 25.5. The van der Waals surface area contributed by atoms with Crippen molar-refractivity contribution in [3.8, 4) is 0 Å². The number of likely N-dealkylation sites (N-methyl/N-ethyl adjacent to an activating group) is 1. The third-order valence-electron chi connectivity index (χ3n) is 2.45. The van der Waals surface area contributed by atoms with Gasteiger partial charge in [-0.05, 0) is 0 Å². The van der Waals surface area contributed by atoms with E-state index >= 15 is 0 Å². The van der Waals surface area contributed by atoms with Gasteiger partial charge in [0.25, 0.3) is 0 Å². The van der Waals surface area contributed by atoms with E-state index in [4.69, 9.17) is 10.5 Å². The lowest BCUT2D eigenvalue weighted by molar-refractivity contribution is 0.173. The quantitative estimate of drug-likeness (QED) is 0.760. The monoisotopic (exact) mass is 212 g/mol. The van der Waals surface area contributed by atoms with E-state index in [0.29, 0.717) is 18.2 Å². The highest BCUT2D eigenvalue weighted by atomic mass is 19.1. The molecule has 2 N–H and O–H groups in total. The minimum Gasteiger partial charge on any atom is -0.396 e. The molecular formula is C9H13FN4O. The molecule has 5 nitrogen and oxygen atoms in total. The van der Waals surface area contributed by atoms with Crippen LogP contribution in [0.15, 0.2) is 12.4 Å². The molecule has 0 aliphatic carbocycles. The topological polar surface area (TPSA) is 64.3 Å². The lowest BCUT2D eigenvalue weighted by atomic mass is 10.2. The summed E-state index contributed by atoms with van der Waals surface area (Å²) < 4.78 is 18.4. The molecule has 6 heteroatoms. The van der Waals surface area contributed by atoms with Crippen LogP contribution in [-0.2, 0) is 4.74 Å². The molecule has 0 bridgehead atoms. The van der Waals surface area contributed by atoms with E-state index in [1.807, 2.05) is 0 Å². The summed E-state index contributed by atoms with van der Waals surface area (Å²) in [5.41, 5.74) is 5.96. The Morgan fingerprint density at radius 2 is 2.13 bits per heavy atom. The van der Waals surface area contributed by atoms with Gasteiger partial charge in [-0.15, -0.1) is 0 Å². The second-order valence-corrected chi connectivity index (χ2v) is 3.55. The van der Waals surface area contributed by atoms with Crippen molar-refractivity contribution in [1.82, 2.24) is 9.97 Å². The SMILES string of the molecule is CN(c1ncc(N)cn1)[C@@H]1COC[C@H]1F. The summed E-state index contributed by atoms with van der Waals surface area (Å²) in [6, 6.07) is -0.311. The van der Waals surface area contributed by atoms with E-state index in [2.05, 4.69) is 9.97 Å². The lowest BCUT2D eigenvalue weighted by Crippen LogP contribution is -2.39. The van der Waals surface area contributed by atoms with Crippen molar-refractivity contribution in [1.29, 1.82) is 0 Å². The van der Waals surface area contributed by atoms with Crippen molar-refractivity contribution in [2.24, 2.45) is 0 Å². The van der Waals surface area contributed by atoms with E-state index in [1.165, 1.54) is 12.4 Å². The Balaban J connectivity index is 2.13. The number of hydrogen-bond acceptors (Lipinski definition) is 5. The number of nitrogen functional groups attached to an aromatic ring is 1. The molecule has 0 amide bonds. The maximum Gasteiger partial charge on any atom is 0.225 e. The van der Waals surface area contributed by atoms with Crippen LogP contribution in [0.3, 0.4) is 0 Å². The average molecular weight is 212 g/mol. The fourth-order valence-corrected chi connectivity index (χ4v) is 1.53. The molecule has 1 aliphatic rings. The van der Waals surface area contributed by atoms with Gasteiger partial charge in [0.2, 0.25) is 5.95 Å². The number of anilines is 2. The third kappa shape index (κ3) is 1.99.